The maximum Gasteiger partial charge on any atom is 0.142 e. The molecule has 0 unspecified atom stereocenters. The fraction of sp³-hybridized carbons (Fsp3) is 0.455. The summed E-state index contributed by atoms with van der Waals surface area (Å²) in [6.45, 7) is 2.90. The summed E-state index contributed by atoms with van der Waals surface area (Å²) in [5.74, 6) is 3.09. The van der Waals surface area contributed by atoms with E-state index in [0.717, 1.165) is 29.0 Å². The van der Waals surface area contributed by atoms with Gasteiger partial charge >= 0.3 is 0 Å². The van der Waals surface area contributed by atoms with Crippen molar-refractivity contribution in [2.75, 3.05) is 23.8 Å². The van der Waals surface area contributed by atoms with Crippen LogP contribution in [0, 0.1) is 0 Å². The predicted octanol–water partition coefficient (Wildman–Crippen LogP) is 3.55. The average Bonchev–Trinajstić information content (AvgIpc) is 2.20. The largest absolute Gasteiger partial charge is 0.491 e. The minimum atomic E-state index is 0.688. The van der Waals surface area contributed by atoms with Gasteiger partial charge < -0.3 is 10.5 Å². The molecule has 1 rings (SSSR count). The molecule has 0 spiro atoms. The van der Waals surface area contributed by atoms with E-state index in [1.54, 1.807) is 0 Å². The Balaban J connectivity index is 2.31. The van der Waals surface area contributed by atoms with Gasteiger partial charge in [-0.3, -0.25) is 0 Å². The Labute approximate surface area is 104 Å². The standard InChI is InChI=1S/C11H16BrNOS/c1-2-15-7-3-6-14-11-5-4-9(12)8-10(11)13/h4-5,8H,2-3,6-7,13H2,1H3. The van der Waals surface area contributed by atoms with Crippen LogP contribution in [0.2, 0.25) is 0 Å². The first kappa shape index (κ1) is 12.7. The first-order chi connectivity index (χ1) is 7.24. The van der Waals surface area contributed by atoms with E-state index in [9.17, 15) is 0 Å². The van der Waals surface area contributed by atoms with Gasteiger partial charge in [-0.05, 0) is 36.1 Å². The number of ether oxygens (including phenoxy) is 1. The lowest BCUT2D eigenvalue weighted by molar-refractivity contribution is 0.320. The minimum Gasteiger partial charge on any atom is -0.491 e. The Kier molecular flexibility index (Phi) is 5.95. The van der Waals surface area contributed by atoms with Crippen molar-refractivity contribution in [3.05, 3.63) is 22.7 Å². The van der Waals surface area contributed by atoms with Crippen molar-refractivity contribution in [3.63, 3.8) is 0 Å². The van der Waals surface area contributed by atoms with Gasteiger partial charge in [0.15, 0.2) is 0 Å². The summed E-state index contributed by atoms with van der Waals surface area (Å²) in [7, 11) is 0. The molecule has 1 aromatic rings. The lowest BCUT2D eigenvalue weighted by Gasteiger charge is -2.08. The molecule has 15 heavy (non-hydrogen) atoms. The van der Waals surface area contributed by atoms with Gasteiger partial charge in [-0.15, -0.1) is 0 Å². The molecule has 0 saturated heterocycles. The molecule has 0 aliphatic carbocycles. The summed E-state index contributed by atoms with van der Waals surface area (Å²) in [6.07, 6.45) is 1.06. The summed E-state index contributed by atoms with van der Waals surface area (Å²) in [6, 6.07) is 5.69. The number of anilines is 1. The third kappa shape index (κ3) is 4.80. The van der Waals surface area contributed by atoms with Gasteiger partial charge in [0.05, 0.1) is 12.3 Å². The number of rotatable bonds is 6. The SMILES string of the molecule is CCSCCCOc1ccc(Br)cc1N. The third-order valence-corrected chi connectivity index (χ3v) is 3.35. The topological polar surface area (TPSA) is 35.2 Å². The van der Waals surface area contributed by atoms with Crippen LogP contribution in [0.5, 0.6) is 5.75 Å². The second-order valence-corrected chi connectivity index (χ2v) is 5.39. The molecule has 2 nitrogen and oxygen atoms in total. The zero-order valence-corrected chi connectivity index (χ0v) is 11.2. The van der Waals surface area contributed by atoms with Crippen LogP contribution in [-0.4, -0.2) is 18.1 Å². The van der Waals surface area contributed by atoms with Gasteiger partial charge in [-0.2, -0.15) is 11.8 Å². The maximum absolute atomic E-state index is 5.80. The molecule has 0 aliphatic heterocycles. The van der Waals surface area contributed by atoms with Crippen molar-refractivity contribution in [1.82, 2.24) is 0 Å². The van der Waals surface area contributed by atoms with Crippen molar-refractivity contribution in [2.24, 2.45) is 0 Å². The molecule has 0 saturated carbocycles. The Bertz CT molecular complexity index is 307. The predicted molar refractivity (Wildman–Crippen MR) is 71.7 cm³/mol. The zero-order valence-electron chi connectivity index (χ0n) is 8.83. The summed E-state index contributed by atoms with van der Waals surface area (Å²) in [5.41, 5.74) is 6.49. The highest BCUT2D eigenvalue weighted by Crippen LogP contribution is 2.25. The molecule has 0 heterocycles. The molecule has 4 heteroatoms. The van der Waals surface area contributed by atoms with E-state index >= 15 is 0 Å². The molecule has 2 N–H and O–H groups in total. The number of nitrogens with two attached hydrogens (primary N) is 1. The molecule has 0 fully saturated rings. The normalized spacial score (nSPS) is 10.3. The monoisotopic (exact) mass is 289 g/mol. The van der Waals surface area contributed by atoms with Crippen LogP contribution in [-0.2, 0) is 0 Å². The lowest BCUT2D eigenvalue weighted by Crippen LogP contribution is -2.01. The Hall–Kier alpha value is -0.350. The van der Waals surface area contributed by atoms with Crippen LogP contribution < -0.4 is 10.5 Å². The Morgan fingerprint density at radius 3 is 2.93 bits per heavy atom. The highest BCUT2D eigenvalue weighted by molar-refractivity contribution is 9.10. The zero-order chi connectivity index (χ0) is 11.1. The molecule has 0 radical (unpaired) electrons. The summed E-state index contributed by atoms with van der Waals surface area (Å²) in [4.78, 5) is 0. The number of halogens is 1. The van der Waals surface area contributed by atoms with Crippen molar-refractivity contribution >= 4 is 33.4 Å². The van der Waals surface area contributed by atoms with E-state index in [1.807, 2.05) is 30.0 Å². The van der Waals surface area contributed by atoms with Crippen molar-refractivity contribution in [1.29, 1.82) is 0 Å². The van der Waals surface area contributed by atoms with E-state index in [1.165, 1.54) is 5.75 Å². The van der Waals surface area contributed by atoms with Gasteiger partial charge in [-0.25, -0.2) is 0 Å². The van der Waals surface area contributed by atoms with E-state index in [4.69, 9.17) is 10.5 Å². The molecule has 0 atom stereocenters. The quantitative estimate of drug-likeness (QED) is 0.643. The summed E-state index contributed by atoms with van der Waals surface area (Å²) < 4.78 is 6.56. The minimum absolute atomic E-state index is 0.688. The van der Waals surface area contributed by atoms with Crippen LogP contribution in [0.1, 0.15) is 13.3 Å². The molecule has 0 aliphatic rings. The summed E-state index contributed by atoms with van der Waals surface area (Å²) in [5, 5.41) is 0. The number of thioether (sulfide) groups is 1. The van der Waals surface area contributed by atoms with Gasteiger partial charge in [0.25, 0.3) is 0 Å². The second-order valence-electron chi connectivity index (χ2n) is 3.08. The van der Waals surface area contributed by atoms with Gasteiger partial charge in [0, 0.05) is 4.47 Å². The fourth-order valence-corrected chi connectivity index (χ4v) is 2.13. The van der Waals surface area contributed by atoms with Crippen molar-refractivity contribution in [3.8, 4) is 5.75 Å². The van der Waals surface area contributed by atoms with Gasteiger partial charge in [0.2, 0.25) is 0 Å². The summed E-state index contributed by atoms with van der Waals surface area (Å²) >= 11 is 5.29. The van der Waals surface area contributed by atoms with E-state index in [-0.39, 0.29) is 0 Å². The Morgan fingerprint density at radius 2 is 2.27 bits per heavy atom. The van der Waals surface area contributed by atoms with E-state index < -0.39 is 0 Å². The highest BCUT2D eigenvalue weighted by atomic mass is 79.9. The highest BCUT2D eigenvalue weighted by Gasteiger charge is 2.00. The molecular weight excluding hydrogens is 274 g/mol. The molecule has 84 valence electrons. The smallest absolute Gasteiger partial charge is 0.142 e. The van der Waals surface area contributed by atoms with Crippen LogP contribution in [0.4, 0.5) is 5.69 Å². The number of hydrogen-bond donors (Lipinski definition) is 1. The molecule has 0 aromatic heterocycles. The van der Waals surface area contributed by atoms with Crippen molar-refractivity contribution < 1.29 is 4.74 Å². The van der Waals surface area contributed by atoms with E-state index in [2.05, 4.69) is 22.9 Å². The fourth-order valence-electron chi connectivity index (χ4n) is 1.14. The van der Waals surface area contributed by atoms with E-state index in [0.29, 0.717) is 5.69 Å². The first-order valence-corrected chi connectivity index (χ1v) is 6.94. The lowest BCUT2D eigenvalue weighted by atomic mass is 10.3. The molecule has 1 aromatic carbocycles. The molecule has 0 amide bonds. The van der Waals surface area contributed by atoms with Crippen LogP contribution >= 0.6 is 27.7 Å². The molecular formula is C11H16BrNOS. The van der Waals surface area contributed by atoms with Gasteiger partial charge in [0.1, 0.15) is 5.75 Å². The number of hydrogen-bond acceptors (Lipinski definition) is 3. The number of benzene rings is 1. The Morgan fingerprint density at radius 1 is 1.47 bits per heavy atom. The molecule has 0 bridgehead atoms. The average molecular weight is 290 g/mol. The number of nitrogen functional groups attached to an aromatic ring is 1. The van der Waals surface area contributed by atoms with Crippen LogP contribution in [0.25, 0.3) is 0 Å². The first-order valence-electron chi connectivity index (χ1n) is 4.99. The van der Waals surface area contributed by atoms with Crippen molar-refractivity contribution in [2.45, 2.75) is 13.3 Å². The maximum atomic E-state index is 5.80. The van der Waals surface area contributed by atoms with Crippen LogP contribution in [0.15, 0.2) is 22.7 Å². The van der Waals surface area contributed by atoms with Crippen LogP contribution in [0.3, 0.4) is 0 Å². The van der Waals surface area contributed by atoms with Gasteiger partial charge in [-0.1, -0.05) is 22.9 Å². The third-order valence-electron chi connectivity index (χ3n) is 1.87. The second kappa shape index (κ2) is 7.01.